The molecule has 0 fully saturated rings. The molecule has 0 aliphatic carbocycles. The fourth-order valence-electron chi connectivity index (χ4n) is 1.40. The molecule has 5 nitrogen and oxygen atoms in total. The molecule has 0 aliphatic rings. The van der Waals surface area contributed by atoms with E-state index in [1.807, 2.05) is 5.38 Å². The van der Waals surface area contributed by atoms with Gasteiger partial charge in [0.05, 0.1) is 11.4 Å². The first kappa shape index (κ1) is 14.7. The standard InChI is InChI=1S/C12H18N2O3S/c1-14(12(17)10-5-4-8-18-10)9-11(16)13-6-2-3-7-15/h4-5,8,15H,2-3,6-7,9H2,1H3,(H,13,16). The van der Waals surface area contributed by atoms with Crippen molar-refractivity contribution in [2.45, 2.75) is 12.8 Å². The van der Waals surface area contributed by atoms with Gasteiger partial charge in [0, 0.05) is 20.2 Å². The van der Waals surface area contributed by atoms with Crippen LogP contribution in [0.1, 0.15) is 22.5 Å². The van der Waals surface area contributed by atoms with Crippen molar-refractivity contribution in [2.75, 3.05) is 26.7 Å². The Hall–Kier alpha value is -1.40. The normalized spacial score (nSPS) is 10.1. The fourth-order valence-corrected chi connectivity index (χ4v) is 2.11. The van der Waals surface area contributed by atoms with Crippen molar-refractivity contribution in [1.82, 2.24) is 10.2 Å². The summed E-state index contributed by atoms with van der Waals surface area (Å²) in [5, 5.41) is 13.1. The third-order valence-corrected chi connectivity index (χ3v) is 3.22. The van der Waals surface area contributed by atoms with Crippen molar-refractivity contribution in [3.05, 3.63) is 22.4 Å². The van der Waals surface area contributed by atoms with Crippen molar-refractivity contribution in [3.8, 4) is 0 Å². The predicted octanol–water partition coefficient (Wildman–Crippen LogP) is 0.709. The molecular weight excluding hydrogens is 252 g/mol. The van der Waals surface area contributed by atoms with Crippen molar-refractivity contribution >= 4 is 23.2 Å². The summed E-state index contributed by atoms with van der Waals surface area (Å²) in [5.41, 5.74) is 0. The largest absolute Gasteiger partial charge is 0.396 e. The molecule has 1 heterocycles. The monoisotopic (exact) mass is 270 g/mol. The highest BCUT2D eigenvalue weighted by atomic mass is 32.1. The van der Waals surface area contributed by atoms with Crippen LogP contribution in [0.2, 0.25) is 0 Å². The zero-order valence-corrected chi connectivity index (χ0v) is 11.2. The van der Waals surface area contributed by atoms with Gasteiger partial charge in [-0.3, -0.25) is 9.59 Å². The van der Waals surface area contributed by atoms with Gasteiger partial charge in [0.2, 0.25) is 5.91 Å². The lowest BCUT2D eigenvalue weighted by Crippen LogP contribution is -2.38. The van der Waals surface area contributed by atoms with Crippen LogP contribution in [-0.4, -0.2) is 48.6 Å². The Morgan fingerprint density at radius 2 is 2.22 bits per heavy atom. The molecule has 0 aliphatic heterocycles. The second-order valence-electron chi connectivity index (χ2n) is 3.92. The number of thiophene rings is 1. The van der Waals surface area contributed by atoms with E-state index < -0.39 is 0 Å². The van der Waals surface area contributed by atoms with Crippen LogP contribution in [0.5, 0.6) is 0 Å². The number of hydrogen-bond donors (Lipinski definition) is 2. The van der Waals surface area contributed by atoms with Crippen molar-refractivity contribution in [2.24, 2.45) is 0 Å². The number of nitrogens with one attached hydrogen (secondary N) is 1. The lowest BCUT2D eigenvalue weighted by molar-refractivity contribution is -0.121. The number of rotatable bonds is 7. The van der Waals surface area contributed by atoms with E-state index in [0.29, 0.717) is 17.8 Å². The molecule has 6 heteroatoms. The number of aliphatic hydroxyl groups excluding tert-OH is 1. The zero-order chi connectivity index (χ0) is 13.4. The highest BCUT2D eigenvalue weighted by Gasteiger charge is 2.15. The van der Waals surface area contributed by atoms with E-state index in [0.717, 1.165) is 6.42 Å². The van der Waals surface area contributed by atoms with Gasteiger partial charge in [-0.25, -0.2) is 0 Å². The minimum atomic E-state index is -0.180. The maximum atomic E-state index is 11.8. The Bertz CT molecular complexity index is 379. The molecule has 0 saturated carbocycles. The number of carbonyl (C=O) groups is 2. The molecule has 2 amide bonds. The van der Waals surface area contributed by atoms with Gasteiger partial charge in [-0.05, 0) is 24.3 Å². The lowest BCUT2D eigenvalue weighted by Gasteiger charge is -2.15. The molecule has 100 valence electrons. The molecule has 0 bridgehead atoms. The minimum absolute atomic E-state index is 0.0514. The molecule has 0 radical (unpaired) electrons. The van der Waals surface area contributed by atoms with Crippen LogP contribution in [-0.2, 0) is 4.79 Å². The Morgan fingerprint density at radius 3 is 2.83 bits per heavy atom. The van der Waals surface area contributed by atoms with Crippen molar-refractivity contribution in [3.63, 3.8) is 0 Å². The second kappa shape index (κ2) is 7.84. The summed E-state index contributed by atoms with van der Waals surface area (Å²) in [6.07, 6.45) is 1.41. The van der Waals surface area contributed by atoms with Crippen molar-refractivity contribution < 1.29 is 14.7 Å². The Kier molecular flexibility index (Phi) is 6.38. The first-order chi connectivity index (χ1) is 8.65. The molecule has 18 heavy (non-hydrogen) atoms. The summed E-state index contributed by atoms with van der Waals surface area (Å²) in [4.78, 5) is 25.4. The summed E-state index contributed by atoms with van der Waals surface area (Å²) < 4.78 is 0. The van der Waals surface area contributed by atoms with Crippen LogP contribution in [0, 0.1) is 0 Å². The topological polar surface area (TPSA) is 69.6 Å². The number of nitrogens with zero attached hydrogens (tertiary/aromatic N) is 1. The van der Waals surface area contributed by atoms with Crippen LogP contribution in [0.4, 0.5) is 0 Å². The molecule has 2 N–H and O–H groups in total. The molecule has 0 aromatic carbocycles. The van der Waals surface area contributed by atoms with Crippen LogP contribution in [0.15, 0.2) is 17.5 Å². The third kappa shape index (κ3) is 4.85. The minimum Gasteiger partial charge on any atom is -0.396 e. The maximum Gasteiger partial charge on any atom is 0.264 e. The number of aliphatic hydroxyl groups is 1. The molecule has 1 aromatic heterocycles. The van der Waals surface area contributed by atoms with E-state index >= 15 is 0 Å². The van der Waals surface area contributed by atoms with Crippen LogP contribution < -0.4 is 5.32 Å². The smallest absolute Gasteiger partial charge is 0.264 e. The molecule has 1 rings (SSSR count). The van der Waals surface area contributed by atoms with E-state index in [9.17, 15) is 9.59 Å². The summed E-state index contributed by atoms with van der Waals surface area (Å²) in [7, 11) is 1.61. The summed E-state index contributed by atoms with van der Waals surface area (Å²) in [5.74, 6) is -0.323. The molecule has 0 unspecified atom stereocenters. The summed E-state index contributed by atoms with van der Waals surface area (Å²) in [6.45, 7) is 0.711. The van der Waals surface area contributed by atoms with E-state index in [-0.39, 0.29) is 25.0 Å². The molecule has 1 aromatic rings. The Balaban J connectivity index is 2.29. The van der Waals surface area contributed by atoms with E-state index in [4.69, 9.17) is 5.11 Å². The van der Waals surface area contributed by atoms with Gasteiger partial charge in [-0.1, -0.05) is 6.07 Å². The molecule has 0 saturated heterocycles. The number of likely N-dealkylation sites (N-methyl/N-ethyl adjacent to an activating group) is 1. The number of hydrogen-bond acceptors (Lipinski definition) is 4. The highest BCUT2D eigenvalue weighted by Crippen LogP contribution is 2.10. The molecule has 0 spiro atoms. The quantitative estimate of drug-likeness (QED) is 0.717. The van der Waals surface area contributed by atoms with Crippen LogP contribution in [0.25, 0.3) is 0 Å². The number of carbonyl (C=O) groups excluding carboxylic acids is 2. The zero-order valence-electron chi connectivity index (χ0n) is 10.4. The van der Waals surface area contributed by atoms with Crippen LogP contribution in [0.3, 0.4) is 0 Å². The van der Waals surface area contributed by atoms with Gasteiger partial charge in [-0.15, -0.1) is 11.3 Å². The van der Waals surface area contributed by atoms with Crippen LogP contribution >= 0.6 is 11.3 Å². The fraction of sp³-hybridized carbons (Fsp3) is 0.500. The van der Waals surface area contributed by atoms with Gasteiger partial charge < -0.3 is 15.3 Å². The molecular formula is C12H18N2O3S. The SMILES string of the molecule is CN(CC(=O)NCCCCO)C(=O)c1cccs1. The van der Waals surface area contributed by atoms with Gasteiger partial charge in [0.25, 0.3) is 5.91 Å². The van der Waals surface area contributed by atoms with E-state index in [1.54, 1.807) is 19.2 Å². The third-order valence-electron chi connectivity index (χ3n) is 2.37. The second-order valence-corrected chi connectivity index (χ2v) is 4.87. The average Bonchev–Trinajstić information content (AvgIpc) is 2.87. The highest BCUT2D eigenvalue weighted by molar-refractivity contribution is 7.12. The van der Waals surface area contributed by atoms with Crippen molar-refractivity contribution in [1.29, 1.82) is 0 Å². The first-order valence-electron chi connectivity index (χ1n) is 5.81. The number of amides is 2. The lowest BCUT2D eigenvalue weighted by atomic mass is 10.3. The first-order valence-corrected chi connectivity index (χ1v) is 6.69. The van der Waals surface area contributed by atoms with Gasteiger partial charge in [0.1, 0.15) is 0 Å². The van der Waals surface area contributed by atoms with E-state index in [1.165, 1.54) is 16.2 Å². The van der Waals surface area contributed by atoms with Gasteiger partial charge in [-0.2, -0.15) is 0 Å². The summed E-state index contributed by atoms with van der Waals surface area (Å²) in [6, 6.07) is 3.54. The Labute approximate surface area is 110 Å². The average molecular weight is 270 g/mol. The molecule has 0 atom stereocenters. The predicted molar refractivity (Wildman–Crippen MR) is 70.6 cm³/mol. The number of unbranched alkanes of at least 4 members (excludes halogenated alkanes) is 1. The summed E-state index contributed by atoms with van der Waals surface area (Å²) >= 11 is 1.36. The maximum absolute atomic E-state index is 11.8. The van der Waals surface area contributed by atoms with Gasteiger partial charge >= 0.3 is 0 Å². The van der Waals surface area contributed by atoms with Gasteiger partial charge in [0.15, 0.2) is 0 Å². The van der Waals surface area contributed by atoms with E-state index in [2.05, 4.69) is 5.32 Å². The Morgan fingerprint density at radius 1 is 1.44 bits per heavy atom.